The number of hydrogen-bond acceptors (Lipinski definition) is 2. The lowest BCUT2D eigenvalue weighted by atomic mass is 10.0. The van der Waals surface area contributed by atoms with Gasteiger partial charge < -0.3 is 10.1 Å². The first kappa shape index (κ1) is 12.1. The zero-order valence-electron chi connectivity index (χ0n) is 9.51. The molecule has 0 radical (unpaired) electrons. The minimum atomic E-state index is -0.178. The van der Waals surface area contributed by atoms with Crippen LogP contribution in [0.25, 0.3) is 0 Å². The molecule has 1 N–H and O–H groups in total. The molecule has 1 unspecified atom stereocenters. The van der Waals surface area contributed by atoms with E-state index in [1.807, 2.05) is 20.0 Å². The third-order valence-corrected chi connectivity index (χ3v) is 2.43. The number of nitrogens with one attached hydrogen (secondary N) is 1. The van der Waals surface area contributed by atoms with Gasteiger partial charge in [-0.2, -0.15) is 0 Å². The van der Waals surface area contributed by atoms with Crippen molar-refractivity contribution in [1.29, 1.82) is 0 Å². The van der Waals surface area contributed by atoms with Gasteiger partial charge in [-0.25, -0.2) is 4.39 Å². The molecule has 0 saturated carbocycles. The van der Waals surface area contributed by atoms with Crippen LogP contribution in [-0.2, 0) is 4.74 Å². The average molecular weight is 211 g/mol. The third-order valence-electron chi connectivity index (χ3n) is 2.43. The second-order valence-electron chi connectivity index (χ2n) is 3.68. The average Bonchev–Trinajstić information content (AvgIpc) is 2.17. The Kier molecular flexibility index (Phi) is 4.72. The van der Waals surface area contributed by atoms with Crippen molar-refractivity contribution in [2.75, 3.05) is 20.8 Å². The summed E-state index contributed by atoms with van der Waals surface area (Å²) >= 11 is 0. The molecule has 0 amide bonds. The molecule has 0 aliphatic rings. The SMILES string of the molecule is CNC(CCOC)c1cc(C)cc(F)c1. The van der Waals surface area contributed by atoms with E-state index >= 15 is 0 Å². The lowest BCUT2D eigenvalue weighted by Crippen LogP contribution is -2.18. The number of hydrogen-bond donors (Lipinski definition) is 1. The summed E-state index contributed by atoms with van der Waals surface area (Å²) in [5.74, 6) is -0.178. The van der Waals surface area contributed by atoms with Gasteiger partial charge in [-0.15, -0.1) is 0 Å². The third kappa shape index (κ3) is 3.61. The number of halogens is 1. The molecule has 0 aromatic heterocycles. The van der Waals surface area contributed by atoms with Crippen LogP contribution in [0, 0.1) is 12.7 Å². The molecule has 0 aliphatic heterocycles. The first-order valence-corrected chi connectivity index (χ1v) is 5.10. The van der Waals surface area contributed by atoms with E-state index in [0.717, 1.165) is 17.5 Å². The number of aryl methyl sites for hydroxylation is 1. The fraction of sp³-hybridized carbons (Fsp3) is 0.500. The maximum absolute atomic E-state index is 13.2. The minimum Gasteiger partial charge on any atom is -0.385 e. The lowest BCUT2D eigenvalue weighted by Gasteiger charge is -2.16. The van der Waals surface area contributed by atoms with Crippen molar-refractivity contribution in [3.05, 3.63) is 35.1 Å². The molecule has 1 aromatic carbocycles. The van der Waals surface area contributed by atoms with E-state index < -0.39 is 0 Å². The van der Waals surface area contributed by atoms with Crippen molar-refractivity contribution < 1.29 is 9.13 Å². The molecule has 1 atom stereocenters. The Morgan fingerprint density at radius 1 is 1.40 bits per heavy atom. The van der Waals surface area contributed by atoms with E-state index in [9.17, 15) is 4.39 Å². The highest BCUT2D eigenvalue weighted by molar-refractivity contribution is 5.26. The first-order chi connectivity index (χ1) is 7.17. The van der Waals surface area contributed by atoms with E-state index in [-0.39, 0.29) is 11.9 Å². The van der Waals surface area contributed by atoms with E-state index in [0.29, 0.717) is 6.61 Å². The van der Waals surface area contributed by atoms with Crippen molar-refractivity contribution in [1.82, 2.24) is 5.32 Å². The van der Waals surface area contributed by atoms with E-state index in [2.05, 4.69) is 5.32 Å². The van der Waals surface area contributed by atoms with Gasteiger partial charge in [-0.1, -0.05) is 6.07 Å². The second kappa shape index (κ2) is 5.83. The van der Waals surface area contributed by atoms with E-state index in [1.54, 1.807) is 13.2 Å². The summed E-state index contributed by atoms with van der Waals surface area (Å²) in [7, 11) is 3.55. The monoisotopic (exact) mass is 211 g/mol. The molecule has 15 heavy (non-hydrogen) atoms. The molecule has 0 bridgehead atoms. The molecule has 3 heteroatoms. The largest absolute Gasteiger partial charge is 0.385 e. The van der Waals surface area contributed by atoms with Crippen molar-refractivity contribution in [2.24, 2.45) is 0 Å². The fourth-order valence-electron chi connectivity index (χ4n) is 1.68. The Bertz CT molecular complexity index is 294. The van der Waals surface area contributed by atoms with Gasteiger partial charge in [0, 0.05) is 19.8 Å². The normalized spacial score (nSPS) is 12.8. The van der Waals surface area contributed by atoms with Gasteiger partial charge in [-0.05, 0) is 43.7 Å². The van der Waals surface area contributed by atoms with Gasteiger partial charge in [0.05, 0.1) is 0 Å². The van der Waals surface area contributed by atoms with Gasteiger partial charge in [0.15, 0.2) is 0 Å². The van der Waals surface area contributed by atoms with E-state index in [1.165, 1.54) is 6.07 Å². The molecule has 0 fully saturated rings. The van der Waals surface area contributed by atoms with Gasteiger partial charge in [0.25, 0.3) is 0 Å². The van der Waals surface area contributed by atoms with Crippen LogP contribution in [0.2, 0.25) is 0 Å². The Morgan fingerprint density at radius 2 is 2.13 bits per heavy atom. The zero-order chi connectivity index (χ0) is 11.3. The van der Waals surface area contributed by atoms with Crippen LogP contribution < -0.4 is 5.32 Å². The number of benzene rings is 1. The number of methoxy groups -OCH3 is 1. The molecule has 2 nitrogen and oxygen atoms in total. The van der Waals surface area contributed by atoms with Gasteiger partial charge >= 0.3 is 0 Å². The zero-order valence-corrected chi connectivity index (χ0v) is 9.51. The molecule has 0 saturated heterocycles. The first-order valence-electron chi connectivity index (χ1n) is 5.10. The number of rotatable bonds is 5. The topological polar surface area (TPSA) is 21.3 Å². The second-order valence-corrected chi connectivity index (χ2v) is 3.68. The summed E-state index contributed by atoms with van der Waals surface area (Å²) < 4.78 is 18.2. The van der Waals surface area contributed by atoms with Crippen molar-refractivity contribution >= 4 is 0 Å². The van der Waals surface area contributed by atoms with Crippen LogP contribution >= 0.6 is 0 Å². The quantitative estimate of drug-likeness (QED) is 0.807. The Labute approximate surface area is 90.4 Å². The van der Waals surface area contributed by atoms with Crippen LogP contribution in [0.5, 0.6) is 0 Å². The molecule has 0 heterocycles. The smallest absolute Gasteiger partial charge is 0.123 e. The van der Waals surface area contributed by atoms with Crippen LogP contribution in [0.4, 0.5) is 4.39 Å². The molecular weight excluding hydrogens is 193 g/mol. The summed E-state index contributed by atoms with van der Waals surface area (Å²) in [6.45, 7) is 2.57. The van der Waals surface area contributed by atoms with Gasteiger partial charge in [0.1, 0.15) is 5.82 Å². The van der Waals surface area contributed by atoms with E-state index in [4.69, 9.17) is 4.74 Å². The lowest BCUT2D eigenvalue weighted by molar-refractivity contribution is 0.184. The standard InChI is InChI=1S/C12H18FNO/c1-9-6-10(8-11(13)7-9)12(14-2)4-5-15-3/h6-8,12,14H,4-5H2,1-3H3. The van der Waals surface area contributed by atoms with Crippen molar-refractivity contribution in [3.8, 4) is 0 Å². The summed E-state index contributed by atoms with van der Waals surface area (Å²) in [4.78, 5) is 0. The van der Waals surface area contributed by atoms with Crippen LogP contribution in [0.3, 0.4) is 0 Å². The molecule has 1 aromatic rings. The Balaban J connectivity index is 2.81. The van der Waals surface area contributed by atoms with Gasteiger partial charge in [0.2, 0.25) is 0 Å². The van der Waals surface area contributed by atoms with Gasteiger partial charge in [-0.3, -0.25) is 0 Å². The summed E-state index contributed by atoms with van der Waals surface area (Å²) in [6.07, 6.45) is 0.843. The predicted molar refractivity (Wildman–Crippen MR) is 59.4 cm³/mol. The highest BCUT2D eigenvalue weighted by atomic mass is 19.1. The highest BCUT2D eigenvalue weighted by Gasteiger charge is 2.10. The maximum Gasteiger partial charge on any atom is 0.123 e. The molecule has 1 rings (SSSR count). The Hall–Kier alpha value is -0.930. The van der Waals surface area contributed by atoms with Crippen molar-refractivity contribution in [2.45, 2.75) is 19.4 Å². The van der Waals surface area contributed by atoms with Crippen LogP contribution in [0.1, 0.15) is 23.6 Å². The molecule has 84 valence electrons. The molecule has 0 spiro atoms. The Morgan fingerprint density at radius 3 is 2.67 bits per heavy atom. The summed E-state index contributed by atoms with van der Waals surface area (Å²) in [5, 5.41) is 3.16. The molecule has 0 aliphatic carbocycles. The predicted octanol–water partition coefficient (Wildman–Crippen LogP) is 2.43. The van der Waals surface area contributed by atoms with Crippen LogP contribution in [-0.4, -0.2) is 20.8 Å². The minimum absolute atomic E-state index is 0.152. The fourth-order valence-corrected chi connectivity index (χ4v) is 1.68. The highest BCUT2D eigenvalue weighted by Crippen LogP contribution is 2.19. The molecular formula is C12H18FNO. The summed E-state index contributed by atoms with van der Waals surface area (Å²) in [5.41, 5.74) is 1.93. The van der Waals surface area contributed by atoms with Crippen LogP contribution in [0.15, 0.2) is 18.2 Å². The summed E-state index contributed by atoms with van der Waals surface area (Å²) in [6, 6.07) is 5.26. The number of ether oxygens (including phenoxy) is 1. The maximum atomic E-state index is 13.2. The van der Waals surface area contributed by atoms with Crippen molar-refractivity contribution in [3.63, 3.8) is 0 Å².